The highest BCUT2D eigenvalue weighted by molar-refractivity contribution is 6.52. The number of hydrogen-bond acceptors (Lipinski definition) is 6. The fourth-order valence-corrected chi connectivity index (χ4v) is 2.99. The number of ether oxygens (including phenoxy) is 1. The highest BCUT2D eigenvalue weighted by Crippen LogP contribution is 2.27. The van der Waals surface area contributed by atoms with Crippen LogP contribution in [-0.2, 0) is 16.1 Å². The number of hydrogen-bond donors (Lipinski definition) is 0. The minimum Gasteiger partial charge on any atom is -0.497 e. The van der Waals surface area contributed by atoms with E-state index in [0.29, 0.717) is 17.3 Å². The van der Waals surface area contributed by atoms with Gasteiger partial charge in [-0.25, -0.2) is 19.6 Å². The molecule has 0 spiro atoms. The molecule has 0 N–H and O–H groups in total. The molecule has 4 rings (SSSR count). The number of rotatable bonds is 5. The number of amides is 4. The Hall–Kier alpha value is -3.94. The van der Waals surface area contributed by atoms with E-state index in [4.69, 9.17) is 9.15 Å². The molecule has 4 amide bonds. The molecule has 0 bridgehead atoms. The topological polar surface area (TPSA) is 92.9 Å². The van der Waals surface area contributed by atoms with Gasteiger partial charge in [0, 0.05) is 11.6 Å². The SMILES string of the molecule is COc1cccc(N2C(=O)C(=O)N(Cc3coc(-c4ccc(C)cc4)n3)C2=O)c1. The second kappa shape index (κ2) is 7.23. The maximum absolute atomic E-state index is 12.8. The van der Waals surface area contributed by atoms with Gasteiger partial charge < -0.3 is 9.15 Å². The first-order valence-electron chi connectivity index (χ1n) is 8.83. The minimum absolute atomic E-state index is 0.167. The molecule has 1 aliphatic rings. The van der Waals surface area contributed by atoms with Crippen molar-refractivity contribution < 1.29 is 23.5 Å². The van der Waals surface area contributed by atoms with E-state index in [9.17, 15) is 14.4 Å². The molecule has 8 nitrogen and oxygen atoms in total. The lowest BCUT2D eigenvalue weighted by molar-refractivity contribution is -0.139. The van der Waals surface area contributed by atoms with Gasteiger partial charge in [-0.3, -0.25) is 9.59 Å². The van der Waals surface area contributed by atoms with Gasteiger partial charge in [0.2, 0.25) is 5.89 Å². The lowest BCUT2D eigenvalue weighted by Gasteiger charge is -2.15. The summed E-state index contributed by atoms with van der Waals surface area (Å²) in [4.78, 5) is 43.6. The van der Waals surface area contributed by atoms with Crippen LogP contribution in [0, 0.1) is 6.92 Å². The Morgan fingerprint density at radius 3 is 2.52 bits per heavy atom. The number of aromatic nitrogens is 1. The second-order valence-corrected chi connectivity index (χ2v) is 6.53. The number of oxazole rings is 1. The third kappa shape index (κ3) is 3.36. The van der Waals surface area contributed by atoms with Crippen molar-refractivity contribution in [2.45, 2.75) is 13.5 Å². The third-order valence-electron chi connectivity index (χ3n) is 4.54. The molecule has 0 aliphatic carbocycles. The Morgan fingerprint density at radius 1 is 1.03 bits per heavy atom. The summed E-state index contributed by atoms with van der Waals surface area (Å²) in [6.07, 6.45) is 1.37. The van der Waals surface area contributed by atoms with E-state index in [1.165, 1.54) is 19.4 Å². The molecular weight excluding hydrogens is 374 g/mol. The van der Waals surface area contributed by atoms with Crippen LogP contribution in [0.3, 0.4) is 0 Å². The van der Waals surface area contributed by atoms with Crippen LogP contribution >= 0.6 is 0 Å². The number of imide groups is 2. The van der Waals surface area contributed by atoms with Crippen molar-refractivity contribution in [3.63, 3.8) is 0 Å². The summed E-state index contributed by atoms with van der Waals surface area (Å²) in [5, 5.41) is 0. The minimum atomic E-state index is -0.925. The van der Waals surface area contributed by atoms with Crippen molar-refractivity contribution >= 4 is 23.5 Å². The van der Waals surface area contributed by atoms with Crippen molar-refractivity contribution in [3.05, 3.63) is 66.1 Å². The Balaban J connectivity index is 1.56. The van der Waals surface area contributed by atoms with E-state index in [0.717, 1.165) is 20.9 Å². The van der Waals surface area contributed by atoms with E-state index < -0.39 is 17.8 Å². The van der Waals surface area contributed by atoms with Crippen LogP contribution in [0.25, 0.3) is 11.5 Å². The Bertz CT molecular complexity index is 1100. The summed E-state index contributed by atoms with van der Waals surface area (Å²) in [6, 6.07) is 13.2. The number of carbonyl (C=O) groups is 3. The Labute approximate surface area is 166 Å². The molecule has 0 unspecified atom stereocenters. The van der Waals surface area contributed by atoms with Crippen molar-refractivity contribution in [1.29, 1.82) is 0 Å². The number of benzene rings is 2. The molecule has 3 aromatic rings. The van der Waals surface area contributed by atoms with Gasteiger partial charge in [0.1, 0.15) is 12.0 Å². The Kier molecular flexibility index (Phi) is 4.59. The second-order valence-electron chi connectivity index (χ2n) is 6.53. The number of anilines is 1. The average molecular weight is 391 g/mol. The first-order valence-corrected chi connectivity index (χ1v) is 8.83. The molecule has 0 saturated carbocycles. The molecule has 1 aliphatic heterocycles. The normalized spacial score (nSPS) is 14.1. The number of aryl methyl sites for hydroxylation is 1. The molecule has 2 heterocycles. The predicted molar refractivity (Wildman–Crippen MR) is 103 cm³/mol. The van der Waals surface area contributed by atoms with Crippen LogP contribution in [0.4, 0.5) is 10.5 Å². The lowest BCUT2D eigenvalue weighted by atomic mass is 10.1. The van der Waals surface area contributed by atoms with Crippen LogP contribution in [-0.4, -0.2) is 34.8 Å². The van der Waals surface area contributed by atoms with Gasteiger partial charge >= 0.3 is 17.8 Å². The molecular formula is C21H17N3O5. The quantitative estimate of drug-likeness (QED) is 0.490. The maximum atomic E-state index is 12.8. The van der Waals surface area contributed by atoms with Crippen LogP contribution in [0.1, 0.15) is 11.3 Å². The van der Waals surface area contributed by atoms with Crippen molar-refractivity contribution in [2.75, 3.05) is 12.0 Å². The van der Waals surface area contributed by atoms with E-state index in [2.05, 4.69) is 4.98 Å². The van der Waals surface area contributed by atoms with Gasteiger partial charge in [0.15, 0.2) is 0 Å². The summed E-state index contributed by atoms with van der Waals surface area (Å²) in [5.41, 5.74) is 2.50. The number of carbonyl (C=O) groups excluding carboxylic acids is 3. The summed E-state index contributed by atoms with van der Waals surface area (Å²) < 4.78 is 10.6. The molecule has 1 aromatic heterocycles. The monoisotopic (exact) mass is 391 g/mol. The smallest absolute Gasteiger partial charge is 0.339 e. The van der Waals surface area contributed by atoms with Gasteiger partial charge in [-0.15, -0.1) is 0 Å². The van der Waals surface area contributed by atoms with Gasteiger partial charge in [-0.1, -0.05) is 23.8 Å². The van der Waals surface area contributed by atoms with Crippen molar-refractivity contribution in [2.24, 2.45) is 0 Å². The Morgan fingerprint density at radius 2 is 1.79 bits per heavy atom. The summed E-state index contributed by atoms with van der Waals surface area (Å²) in [6.45, 7) is 1.81. The van der Waals surface area contributed by atoms with Crippen LogP contribution in [0.5, 0.6) is 5.75 Å². The van der Waals surface area contributed by atoms with Gasteiger partial charge in [-0.05, 0) is 31.2 Å². The van der Waals surface area contributed by atoms with E-state index >= 15 is 0 Å². The summed E-state index contributed by atoms with van der Waals surface area (Å²) in [7, 11) is 1.47. The molecule has 146 valence electrons. The van der Waals surface area contributed by atoms with Crippen molar-refractivity contribution in [1.82, 2.24) is 9.88 Å². The standard InChI is InChI=1S/C21H17N3O5/c1-13-6-8-14(9-7-13)18-22-15(12-29-18)11-23-19(25)20(26)24(21(23)27)16-4-3-5-17(10-16)28-2/h3-10,12H,11H2,1-2H3. The zero-order valence-corrected chi connectivity index (χ0v) is 15.8. The predicted octanol–water partition coefficient (Wildman–Crippen LogP) is 3.15. The average Bonchev–Trinajstić information content (AvgIpc) is 3.28. The highest BCUT2D eigenvalue weighted by Gasteiger charge is 2.45. The van der Waals surface area contributed by atoms with Crippen molar-refractivity contribution in [3.8, 4) is 17.2 Å². The van der Waals surface area contributed by atoms with Crippen LogP contribution in [0.2, 0.25) is 0 Å². The molecule has 0 atom stereocenters. The molecule has 8 heteroatoms. The van der Waals surface area contributed by atoms with E-state index in [1.54, 1.807) is 18.2 Å². The molecule has 29 heavy (non-hydrogen) atoms. The molecule has 1 saturated heterocycles. The number of methoxy groups -OCH3 is 1. The third-order valence-corrected chi connectivity index (χ3v) is 4.54. The molecule has 1 fully saturated rings. The van der Waals surface area contributed by atoms with Gasteiger partial charge in [0.05, 0.1) is 25.0 Å². The fourth-order valence-electron chi connectivity index (χ4n) is 2.99. The number of urea groups is 1. The molecule has 2 aromatic carbocycles. The zero-order chi connectivity index (χ0) is 20.5. The molecule has 0 radical (unpaired) electrons. The summed E-state index contributed by atoms with van der Waals surface area (Å²) in [5.74, 6) is -1.01. The van der Waals surface area contributed by atoms with Gasteiger partial charge in [0.25, 0.3) is 0 Å². The fraction of sp³-hybridized carbons (Fsp3) is 0.143. The van der Waals surface area contributed by atoms with Gasteiger partial charge in [-0.2, -0.15) is 0 Å². The number of nitrogens with zero attached hydrogens (tertiary/aromatic N) is 3. The lowest BCUT2D eigenvalue weighted by Crippen LogP contribution is -2.33. The maximum Gasteiger partial charge on any atom is 0.339 e. The first-order chi connectivity index (χ1) is 14.0. The van der Waals surface area contributed by atoms with Crippen LogP contribution in [0.15, 0.2) is 59.2 Å². The first kappa shape index (κ1) is 18.4. The van der Waals surface area contributed by atoms with Crippen LogP contribution < -0.4 is 9.64 Å². The highest BCUT2D eigenvalue weighted by atomic mass is 16.5. The summed E-state index contributed by atoms with van der Waals surface area (Å²) >= 11 is 0. The zero-order valence-electron chi connectivity index (χ0n) is 15.8. The van der Waals surface area contributed by atoms with E-state index in [-0.39, 0.29) is 12.2 Å². The largest absolute Gasteiger partial charge is 0.497 e. The van der Waals surface area contributed by atoms with E-state index in [1.807, 2.05) is 31.2 Å².